The summed E-state index contributed by atoms with van der Waals surface area (Å²) >= 11 is 0. The minimum absolute atomic E-state index is 0.138. The fourth-order valence-electron chi connectivity index (χ4n) is 1.39. The zero-order valence-electron chi connectivity index (χ0n) is 9.45. The van der Waals surface area contributed by atoms with Crippen LogP contribution in [0.15, 0.2) is 12.3 Å². The van der Waals surface area contributed by atoms with Crippen LogP contribution in [0.1, 0.15) is 30.2 Å². The second-order valence-corrected chi connectivity index (χ2v) is 3.36. The van der Waals surface area contributed by atoms with E-state index in [-0.39, 0.29) is 30.7 Å². The van der Waals surface area contributed by atoms with Gasteiger partial charge in [0.25, 0.3) is 6.43 Å². The van der Waals surface area contributed by atoms with Gasteiger partial charge >= 0.3 is 5.97 Å². The van der Waals surface area contributed by atoms with Crippen molar-refractivity contribution in [3.05, 3.63) is 29.1 Å². The van der Waals surface area contributed by atoms with E-state index in [1.54, 1.807) is 6.92 Å². The molecule has 0 atom stereocenters. The largest absolute Gasteiger partial charge is 0.466 e. The Kier molecular flexibility index (Phi) is 4.96. The van der Waals surface area contributed by atoms with Crippen LogP contribution >= 0.6 is 0 Å². The molecular formula is C11H14F2N2O2. The molecule has 0 aromatic carbocycles. The third-order valence-electron chi connectivity index (χ3n) is 2.17. The molecule has 0 unspecified atom stereocenters. The summed E-state index contributed by atoms with van der Waals surface area (Å²) in [6.45, 7) is 2.01. The highest BCUT2D eigenvalue weighted by Gasteiger charge is 2.17. The molecule has 0 aliphatic rings. The second kappa shape index (κ2) is 6.24. The third kappa shape index (κ3) is 3.74. The summed E-state index contributed by atoms with van der Waals surface area (Å²) in [4.78, 5) is 15.0. The van der Waals surface area contributed by atoms with Gasteiger partial charge in [-0.25, -0.2) is 8.78 Å². The Morgan fingerprint density at radius 2 is 2.29 bits per heavy atom. The Morgan fingerprint density at radius 1 is 1.59 bits per heavy atom. The van der Waals surface area contributed by atoms with E-state index in [1.807, 2.05) is 0 Å². The first-order valence-corrected chi connectivity index (χ1v) is 5.20. The predicted molar refractivity (Wildman–Crippen MR) is 57.4 cm³/mol. The number of aromatic nitrogens is 1. The number of esters is 1. The monoisotopic (exact) mass is 244 g/mol. The quantitative estimate of drug-likeness (QED) is 0.799. The maximum Gasteiger partial charge on any atom is 0.310 e. The van der Waals surface area contributed by atoms with E-state index in [1.165, 1.54) is 6.07 Å². The van der Waals surface area contributed by atoms with Crippen molar-refractivity contribution in [2.75, 3.05) is 6.61 Å². The van der Waals surface area contributed by atoms with Crippen LogP contribution < -0.4 is 5.73 Å². The van der Waals surface area contributed by atoms with Gasteiger partial charge in [0.15, 0.2) is 0 Å². The van der Waals surface area contributed by atoms with Gasteiger partial charge in [0.1, 0.15) is 0 Å². The average Bonchev–Trinajstić information content (AvgIpc) is 2.28. The van der Waals surface area contributed by atoms with Crippen molar-refractivity contribution in [1.82, 2.24) is 4.98 Å². The minimum Gasteiger partial charge on any atom is -0.466 e. The molecule has 0 amide bonds. The smallest absolute Gasteiger partial charge is 0.310 e. The zero-order chi connectivity index (χ0) is 12.8. The number of nitrogens with two attached hydrogens (primary N) is 1. The van der Waals surface area contributed by atoms with Gasteiger partial charge in [-0.1, -0.05) is 0 Å². The molecule has 0 bridgehead atoms. The molecule has 0 fully saturated rings. The summed E-state index contributed by atoms with van der Waals surface area (Å²) in [5.74, 6) is -0.538. The summed E-state index contributed by atoms with van der Waals surface area (Å²) in [6, 6.07) is 1.42. The van der Waals surface area contributed by atoms with E-state index < -0.39 is 12.4 Å². The summed E-state index contributed by atoms with van der Waals surface area (Å²) < 4.78 is 30.1. The number of carbonyl (C=O) groups excluding carboxylic acids is 1. The number of pyridine rings is 1. The second-order valence-electron chi connectivity index (χ2n) is 3.36. The molecule has 4 nitrogen and oxygen atoms in total. The predicted octanol–water partition coefficient (Wildman–Crippen LogP) is 1.58. The number of halogens is 2. The molecule has 17 heavy (non-hydrogen) atoms. The van der Waals surface area contributed by atoms with Gasteiger partial charge < -0.3 is 10.5 Å². The maximum absolute atomic E-state index is 12.7. The van der Waals surface area contributed by atoms with Crippen LogP contribution in [-0.4, -0.2) is 17.6 Å². The molecular weight excluding hydrogens is 230 g/mol. The number of rotatable bonds is 5. The first kappa shape index (κ1) is 13.5. The van der Waals surface area contributed by atoms with Gasteiger partial charge in [-0.15, -0.1) is 0 Å². The summed E-state index contributed by atoms with van der Waals surface area (Å²) in [6.07, 6.45) is -1.80. The lowest BCUT2D eigenvalue weighted by molar-refractivity contribution is -0.142. The lowest BCUT2D eigenvalue weighted by atomic mass is 10.1. The molecule has 6 heteroatoms. The fourth-order valence-corrected chi connectivity index (χ4v) is 1.39. The lowest BCUT2D eigenvalue weighted by Gasteiger charge is -2.09. The van der Waals surface area contributed by atoms with Crippen molar-refractivity contribution in [2.45, 2.75) is 26.3 Å². The lowest BCUT2D eigenvalue weighted by Crippen LogP contribution is -2.11. The molecule has 1 aromatic rings. The Bertz CT molecular complexity index is 397. The molecule has 1 aromatic heterocycles. The van der Waals surface area contributed by atoms with Gasteiger partial charge in [0, 0.05) is 18.3 Å². The molecule has 1 rings (SSSR count). The van der Waals surface area contributed by atoms with Gasteiger partial charge in [-0.2, -0.15) is 0 Å². The standard InChI is InChI=1S/C11H14F2N2O2/c1-2-17-10(16)4-7-3-8(5-14)15-6-9(7)11(12)13/h3,6,11H,2,4-5,14H2,1H3. The molecule has 0 spiro atoms. The van der Waals surface area contributed by atoms with Crippen LogP contribution in [0.2, 0.25) is 0 Å². The van der Waals surface area contributed by atoms with Crippen molar-refractivity contribution in [3.8, 4) is 0 Å². The Morgan fingerprint density at radius 3 is 2.82 bits per heavy atom. The number of alkyl halides is 2. The van der Waals surface area contributed by atoms with Crippen LogP contribution in [0, 0.1) is 0 Å². The zero-order valence-corrected chi connectivity index (χ0v) is 9.45. The van der Waals surface area contributed by atoms with Gasteiger partial charge in [-0.3, -0.25) is 9.78 Å². The number of ether oxygens (including phenoxy) is 1. The van der Waals surface area contributed by atoms with Crippen LogP contribution in [-0.2, 0) is 22.5 Å². The van der Waals surface area contributed by atoms with Gasteiger partial charge in [0.05, 0.1) is 18.7 Å². The number of hydrogen-bond acceptors (Lipinski definition) is 4. The average molecular weight is 244 g/mol. The summed E-state index contributed by atoms with van der Waals surface area (Å²) in [5, 5.41) is 0. The van der Waals surface area contributed by atoms with Crippen molar-refractivity contribution in [2.24, 2.45) is 5.73 Å². The Balaban J connectivity index is 2.96. The van der Waals surface area contributed by atoms with Crippen LogP contribution in [0.5, 0.6) is 0 Å². The van der Waals surface area contributed by atoms with Gasteiger partial charge in [0.2, 0.25) is 0 Å². The molecule has 94 valence electrons. The molecule has 1 heterocycles. The molecule has 0 saturated heterocycles. The molecule has 0 aliphatic heterocycles. The van der Waals surface area contributed by atoms with E-state index >= 15 is 0 Å². The highest BCUT2D eigenvalue weighted by molar-refractivity contribution is 5.73. The first-order chi connectivity index (χ1) is 8.08. The minimum atomic E-state index is -2.67. The summed E-state index contributed by atoms with van der Waals surface area (Å²) in [7, 11) is 0. The van der Waals surface area contributed by atoms with E-state index in [2.05, 4.69) is 4.98 Å². The maximum atomic E-state index is 12.7. The van der Waals surface area contributed by atoms with E-state index in [9.17, 15) is 13.6 Å². The van der Waals surface area contributed by atoms with Crippen molar-refractivity contribution < 1.29 is 18.3 Å². The van der Waals surface area contributed by atoms with Gasteiger partial charge in [-0.05, 0) is 18.6 Å². The number of carbonyl (C=O) groups is 1. The van der Waals surface area contributed by atoms with E-state index in [0.29, 0.717) is 5.69 Å². The molecule has 0 radical (unpaired) electrons. The topological polar surface area (TPSA) is 65.2 Å². The molecule has 0 saturated carbocycles. The van der Waals surface area contributed by atoms with Crippen molar-refractivity contribution in [3.63, 3.8) is 0 Å². The van der Waals surface area contributed by atoms with Crippen molar-refractivity contribution in [1.29, 1.82) is 0 Å². The highest BCUT2D eigenvalue weighted by Crippen LogP contribution is 2.23. The van der Waals surface area contributed by atoms with Crippen molar-refractivity contribution >= 4 is 5.97 Å². The SMILES string of the molecule is CCOC(=O)Cc1cc(CN)ncc1C(F)F. The fraction of sp³-hybridized carbons (Fsp3) is 0.455. The van der Waals surface area contributed by atoms with E-state index in [0.717, 1.165) is 6.20 Å². The highest BCUT2D eigenvalue weighted by atomic mass is 19.3. The van der Waals surface area contributed by atoms with Crippen LogP contribution in [0.3, 0.4) is 0 Å². The molecule has 2 N–H and O–H groups in total. The van der Waals surface area contributed by atoms with Crippen LogP contribution in [0.25, 0.3) is 0 Å². The number of nitrogens with zero attached hydrogens (tertiary/aromatic N) is 1. The number of hydrogen-bond donors (Lipinski definition) is 1. The summed E-state index contributed by atoms with van der Waals surface area (Å²) in [5.41, 5.74) is 5.80. The third-order valence-corrected chi connectivity index (χ3v) is 2.17. The van der Waals surface area contributed by atoms with Crippen LogP contribution in [0.4, 0.5) is 8.78 Å². The Hall–Kier alpha value is -1.56. The normalized spacial score (nSPS) is 10.6. The molecule has 0 aliphatic carbocycles. The Labute approximate surface area is 97.8 Å². The first-order valence-electron chi connectivity index (χ1n) is 5.20. The van der Waals surface area contributed by atoms with E-state index in [4.69, 9.17) is 10.5 Å².